The minimum Gasteiger partial charge on any atom is -0.489 e. The van der Waals surface area contributed by atoms with Crippen LogP contribution in [-0.2, 0) is 9.47 Å². The molecule has 0 spiro atoms. The molecule has 1 rings (SSSR count). The third-order valence-corrected chi connectivity index (χ3v) is 1.97. The number of nitrogen functional groups attached to an aromatic ring is 1. The lowest BCUT2D eigenvalue weighted by atomic mass is 10.3. The second kappa shape index (κ2) is 7.03. The van der Waals surface area contributed by atoms with E-state index in [0.717, 1.165) is 6.07 Å². The number of rotatable bonds is 7. The fraction of sp³-hybridized carbons (Fsp3) is 0.455. The number of benzene rings is 1. The summed E-state index contributed by atoms with van der Waals surface area (Å²) in [5.74, 6) is -1.58. The Hall–Kier alpha value is -1.40. The van der Waals surface area contributed by atoms with E-state index in [-0.39, 0.29) is 18.0 Å². The highest BCUT2D eigenvalue weighted by atomic mass is 19.1. The Morgan fingerprint density at radius 2 is 1.82 bits per heavy atom. The first kappa shape index (κ1) is 13.7. The number of hydrogen-bond acceptors (Lipinski definition) is 4. The van der Waals surface area contributed by atoms with Crippen LogP contribution in [0, 0.1) is 11.6 Å². The SMILES string of the molecule is COCCOCCOc1cc(F)cc(F)c1N. The molecular weight excluding hydrogens is 232 g/mol. The van der Waals surface area contributed by atoms with Gasteiger partial charge < -0.3 is 19.9 Å². The zero-order valence-corrected chi connectivity index (χ0v) is 9.54. The molecule has 0 amide bonds. The molecule has 2 N–H and O–H groups in total. The summed E-state index contributed by atoms with van der Waals surface area (Å²) in [6, 6.07) is 1.74. The normalized spacial score (nSPS) is 10.5. The number of halogens is 2. The van der Waals surface area contributed by atoms with E-state index < -0.39 is 11.6 Å². The minimum absolute atomic E-state index is 0.0159. The summed E-state index contributed by atoms with van der Waals surface area (Å²) in [6.07, 6.45) is 0. The molecule has 0 unspecified atom stereocenters. The fourth-order valence-corrected chi connectivity index (χ4v) is 1.14. The Labute approximate surface area is 98.3 Å². The summed E-state index contributed by atoms with van der Waals surface area (Å²) in [5.41, 5.74) is 5.18. The lowest BCUT2D eigenvalue weighted by Crippen LogP contribution is -2.11. The van der Waals surface area contributed by atoms with Crippen LogP contribution in [0.5, 0.6) is 5.75 Å². The van der Waals surface area contributed by atoms with Crippen molar-refractivity contribution in [1.29, 1.82) is 0 Å². The van der Waals surface area contributed by atoms with Crippen molar-refractivity contribution in [2.75, 3.05) is 39.3 Å². The largest absolute Gasteiger partial charge is 0.489 e. The Bertz CT molecular complexity index is 361. The molecule has 0 aromatic heterocycles. The molecule has 0 saturated carbocycles. The van der Waals surface area contributed by atoms with Crippen LogP contribution < -0.4 is 10.5 Å². The standard InChI is InChI=1S/C11H15F2NO3/c1-15-2-3-16-4-5-17-10-7-8(12)6-9(13)11(10)14/h6-7H,2-5,14H2,1H3. The number of nitrogens with two attached hydrogens (primary N) is 1. The summed E-state index contributed by atoms with van der Waals surface area (Å²) in [6.45, 7) is 1.38. The van der Waals surface area contributed by atoms with Crippen LogP contribution >= 0.6 is 0 Å². The van der Waals surface area contributed by atoms with Crippen LogP contribution in [0.1, 0.15) is 0 Å². The molecule has 0 bridgehead atoms. The molecule has 1 aromatic rings. The van der Waals surface area contributed by atoms with E-state index in [0.29, 0.717) is 25.9 Å². The Balaban J connectivity index is 2.36. The molecule has 0 aliphatic heterocycles. The predicted octanol–water partition coefficient (Wildman–Crippen LogP) is 1.59. The molecular formula is C11H15F2NO3. The van der Waals surface area contributed by atoms with Crippen LogP contribution in [-0.4, -0.2) is 33.5 Å². The maximum atomic E-state index is 13.0. The van der Waals surface area contributed by atoms with Crippen LogP contribution in [0.2, 0.25) is 0 Å². The molecule has 0 saturated heterocycles. The summed E-state index contributed by atoms with van der Waals surface area (Å²) < 4.78 is 40.9. The van der Waals surface area contributed by atoms with E-state index in [2.05, 4.69) is 0 Å². The van der Waals surface area contributed by atoms with Crippen molar-refractivity contribution in [3.8, 4) is 5.75 Å². The second-order valence-electron chi connectivity index (χ2n) is 3.25. The van der Waals surface area contributed by atoms with Gasteiger partial charge in [-0.2, -0.15) is 0 Å². The Kier molecular flexibility index (Phi) is 5.65. The van der Waals surface area contributed by atoms with Crippen molar-refractivity contribution >= 4 is 5.69 Å². The fourth-order valence-electron chi connectivity index (χ4n) is 1.14. The van der Waals surface area contributed by atoms with E-state index in [1.165, 1.54) is 0 Å². The molecule has 0 fully saturated rings. The number of ether oxygens (including phenoxy) is 3. The summed E-state index contributed by atoms with van der Waals surface area (Å²) in [5, 5.41) is 0. The van der Waals surface area contributed by atoms with Gasteiger partial charge in [0.05, 0.1) is 19.8 Å². The van der Waals surface area contributed by atoms with Crippen LogP contribution in [0.25, 0.3) is 0 Å². The lowest BCUT2D eigenvalue weighted by molar-refractivity contribution is 0.0544. The first-order valence-corrected chi connectivity index (χ1v) is 5.09. The van der Waals surface area contributed by atoms with E-state index >= 15 is 0 Å². The lowest BCUT2D eigenvalue weighted by Gasteiger charge is -2.09. The molecule has 96 valence electrons. The average molecular weight is 247 g/mol. The van der Waals surface area contributed by atoms with Gasteiger partial charge in [0.1, 0.15) is 23.9 Å². The van der Waals surface area contributed by atoms with Gasteiger partial charge in [0.15, 0.2) is 5.82 Å². The first-order chi connectivity index (χ1) is 8.15. The molecule has 0 atom stereocenters. The summed E-state index contributed by atoms with van der Waals surface area (Å²) in [7, 11) is 1.57. The van der Waals surface area contributed by atoms with Crippen molar-refractivity contribution in [3.05, 3.63) is 23.8 Å². The van der Waals surface area contributed by atoms with Gasteiger partial charge in [-0.3, -0.25) is 0 Å². The van der Waals surface area contributed by atoms with Gasteiger partial charge in [0.25, 0.3) is 0 Å². The second-order valence-corrected chi connectivity index (χ2v) is 3.25. The molecule has 0 heterocycles. The molecule has 1 aromatic carbocycles. The molecule has 0 radical (unpaired) electrons. The van der Waals surface area contributed by atoms with Gasteiger partial charge >= 0.3 is 0 Å². The summed E-state index contributed by atoms with van der Waals surface area (Å²) in [4.78, 5) is 0. The first-order valence-electron chi connectivity index (χ1n) is 5.09. The van der Waals surface area contributed by atoms with Crippen LogP contribution in [0.4, 0.5) is 14.5 Å². The third-order valence-electron chi connectivity index (χ3n) is 1.97. The van der Waals surface area contributed by atoms with Gasteiger partial charge in [-0.05, 0) is 0 Å². The van der Waals surface area contributed by atoms with E-state index in [4.69, 9.17) is 19.9 Å². The highest BCUT2D eigenvalue weighted by Crippen LogP contribution is 2.25. The zero-order valence-electron chi connectivity index (χ0n) is 9.54. The van der Waals surface area contributed by atoms with E-state index in [1.54, 1.807) is 7.11 Å². The van der Waals surface area contributed by atoms with Crippen molar-refractivity contribution in [2.45, 2.75) is 0 Å². The highest BCUT2D eigenvalue weighted by Gasteiger charge is 2.08. The average Bonchev–Trinajstić information content (AvgIpc) is 2.29. The molecule has 17 heavy (non-hydrogen) atoms. The molecule has 4 nitrogen and oxygen atoms in total. The smallest absolute Gasteiger partial charge is 0.152 e. The third kappa shape index (κ3) is 4.54. The highest BCUT2D eigenvalue weighted by molar-refractivity contribution is 5.53. The quantitative estimate of drug-likeness (QED) is 0.587. The maximum Gasteiger partial charge on any atom is 0.152 e. The van der Waals surface area contributed by atoms with Crippen molar-refractivity contribution in [3.63, 3.8) is 0 Å². The topological polar surface area (TPSA) is 53.7 Å². The van der Waals surface area contributed by atoms with Crippen LogP contribution in [0.3, 0.4) is 0 Å². The number of hydrogen-bond donors (Lipinski definition) is 1. The van der Waals surface area contributed by atoms with Crippen molar-refractivity contribution < 1.29 is 23.0 Å². The molecule has 0 aliphatic rings. The monoisotopic (exact) mass is 247 g/mol. The molecule has 6 heteroatoms. The Morgan fingerprint density at radius 3 is 2.53 bits per heavy atom. The zero-order chi connectivity index (χ0) is 12.7. The van der Waals surface area contributed by atoms with E-state index in [1.807, 2.05) is 0 Å². The summed E-state index contributed by atoms with van der Waals surface area (Å²) >= 11 is 0. The molecule has 0 aliphatic carbocycles. The number of anilines is 1. The number of methoxy groups -OCH3 is 1. The van der Waals surface area contributed by atoms with Crippen LogP contribution in [0.15, 0.2) is 12.1 Å². The minimum atomic E-state index is -0.833. The van der Waals surface area contributed by atoms with Gasteiger partial charge in [0.2, 0.25) is 0 Å². The maximum absolute atomic E-state index is 13.0. The van der Waals surface area contributed by atoms with Gasteiger partial charge in [-0.1, -0.05) is 0 Å². The van der Waals surface area contributed by atoms with E-state index in [9.17, 15) is 8.78 Å². The van der Waals surface area contributed by atoms with Gasteiger partial charge in [-0.25, -0.2) is 8.78 Å². The van der Waals surface area contributed by atoms with Crippen molar-refractivity contribution in [1.82, 2.24) is 0 Å². The van der Waals surface area contributed by atoms with Gasteiger partial charge in [0, 0.05) is 19.2 Å². The van der Waals surface area contributed by atoms with Crippen molar-refractivity contribution in [2.24, 2.45) is 0 Å². The Morgan fingerprint density at radius 1 is 1.12 bits per heavy atom. The predicted molar refractivity (Wildman–Crippen MR) is 59.0 cm³/mol. The van der Waals surface area contributed by atoms with Gasteiger partial charge in [-0.15, -0.1) is 0 Å².